The Bertz CT molecular complexity index is 332. The first-order chi connectivity index (χ1) is 11.7. The van der Waals surface area contributed by atoms with E-state index in [0.717, 1.165) is 6.08 Å². The summed E-state index contributed by atoms with van der Waals surface area (Å²) in [6, 6.07) is 0. The molecule has 0 aromatic heterocycles. The van der Waals surface area contributed by atoms with Crippen LogP contribution in [-0.4, -0.2) is 78.0 Å². The Morgan fingerprint density at radius 2 is 1.21 bits per heavy atom. The summed E-state index contributed by atoms with van der Waals surface area (Å²) in [4.78, 5) is 21.7. The van der Waals surface area contributed by atoms with Crippen LogP contribution in [0.15, 0.2) is 12.7 Å². The molecule has 0 saturated heterocycles. The third-order valence-corrected chi connectivity index (χ3v) is 2.51. The van der Waals surface area contributed by atoms with E-state index < -0.39 is 5.97 Å². The number of rotatable bonds is 17. The van der Waals surface area contributed by atoms with Gasteiger partial charge >= 0.3 is 11.9 Å². The van der Waals surface area contributed by atoms with E-state index in [1.54, 1.807) is 6.92 Å². The lowest BCUT2D eigenvalue weighted by atomic mass is 10.5. The Balaban J connectivity index is 3.09. The monoisotopic (exact) mass is 348 g/mol. The first-order valence-electron chi connectivity index (χ1n) is 7.96. The van der Waals surface area contributed by atoms with Crippen LogP contribution < -0.4 is 0 Å². The molecular weight excluding hydrogens is 320 g/mol. The molecule has 0 N–H and O–H groups in total. The van der Waals surface area contributed by atoms with Crippen molar-refractivity contribution in [1.29, 1.82) is 0 Å². The summed E-state index contributed by atoms with van der Waals surface area (Å²) >= 11 is 0. The third-order valence-electron chi connectivity index (χ3n) is 2.51. The summed E-state index contributed by atoms with van der Waals surface area (Å²) in [6.07, 6.45) is 1.36. The largest absolute Gasteiger partial charge is 0.466 e. The minimum atomic E-state index is -0.461. The summed E-state index contributed by atoms with van der Waals surface area (Å²) in [6.45, 7) is 8.92. The van der Waals surface area contributed by atoms with Gasteiger partial charge in [0.15, 0.2) is 0 Å². The van der Waals surface area contributed by atoms with Crippen molar-refractivity contribution < 1.29 is 38.0 Å². The lowest BCUT2D eigenvalue weighted by molar-refractivity contribution is -0.144. The van der Waals surface area contributed by atoms with Gasteiger partial charge in [-0.3, -0.25) is 4.79 Å². The zero-order chi connectivity index (χ0) is 17.9. The SMILES string of the molecule is C=CC(=O)OCCOCCOCCOCCOCCC(=O)OCC. The van der Waals surface area contributed by atoms with Crippen LogP contribution in [0, 0.1) is 0 Å². The van der Waals surface area contributed by atoms with Gasteiger partial charge in [0.05, 0.1) is 65.9 Å². The summed E-state index contributed by atoms with van der Waals surface area (Å²) in [5, 5.41) is 0. The Hall–Kier alpha value is -1.48. The maximum absolute atomic E-state index is 11.0. The van der Waals surface area contributed by atoms with Crippen molar-refractivity contribution in [3.05, 3.63) is 12.7 Å². The topological polar surface area (TPSA) is 89.5 Å². The molecule has 0 bridgehead atoms. The molecule has 0 aromatic carbocycles. The van der Waals surface area contributed by atoms with E-state index in [-0.39, 0.29) is 19.0 Å². The number of carbonyl (C=O) groups excluding carboxylic acids is 2. The van der Waals surface area contributed by atoms with Gasteiger partial charge in [0.25, 0.3) is 0 Å². The van der Waals surface area contributed by atoms with Gasteiger partial charge in [0.1, 0.15) is 6.61 Å². The van der Waals surface area contributed by atoms with Gasteiger partial charge < -0.3 is 28.4 Å². The maximum atomic E-state index is 11.0. The van der Waals surface area contributed by atoms with Crippen molar-refractivity contribution in [1.82, 2.24) is 0 Å². The summed E-state index contributed by atoms with van der Waals surface area (Å²) < 4.78 is 30.5. The van der Waals surface area contributed by atoms with Crippen LogP contribution in [0.25, 0.3) is 0 Å². The molecule has 0 heterocycles. The fraction of sp³-hybridized carbons (Fsp3) is 0.750. The lowest BCUT2D eigenvalue weighted by Crippen LogP contribution is -2.14. The molecule has 0 aliphatic rings. The van der Waals surface area contributed by atoms with E-state index in [2.05, 4.69) is 6.58 Å². The molecule has 0 spiro atoms. The average Bonchev–Trinajstić information content (AvgIpc) is 2.58. The predicted octanol–water partition coefficient (Wildman–Crippen LogP) is 0.735. The Morgan fingerprint density at radius 1 is 0.750 bits per heavy atom. The molecule has 0 saturated carbocycles. The molecule has 0 radical (unpaired) electrons. The van der Waals surface area contributed by atoms with Crippen LogP contribution in [0.5, 0.6) is 0 Å². The van der Waals surface area contributed by atoms with E-state index in [9.17, 15) is 9.59 Å². The van der Waals surface area contributed by atoms with Crippen molar-refractivity contribution in [2.75, 3.05) is 66.1 Å². The molecule has 0 aliphatic carbocycles. The van der Waals surface area contributed by atoms with Crippen LogP contribution in [0.3, 0.4) is 0 Å². The second-order valence-electron chi connectivity index (χ2n) is 4.38. The van der Waals surface area contributed by atoms with Crippen molar-refractivity contribution >= 4 is 11.9 Å². The van der Waals surface area contributed by atoms with Crippen LogP contribution in [0.1, 0.15) is 13.3 Å². The van der Waals surface area contributed by atoms with E-state index in [1.165, 1.54) is 0 Å². The fourth-order valence-corrected chi connectivity index (χ4v) is 1.41. The summed E-state index contributed by atoms with van der Waals surface area (Å²) in [5.74, 6) is -0.718. The quantitative estimate of drug-likeness (QED) is 0.216. The molecule has 24 heavy (non-hydrogen) atoms. The van der Waals surface area contributed by atoms with E-state index >= 15 is 0 Å². The molecule has 0 aliphatic heterocycles. The Labute approximate surface area is 143 Å². The third kappa shape index (κ3) is 16.9. The zero-order valence-corrected chi connectivity index (χ0v) is 14.3. The van der Waals surface area contributed by atoms with Crippen LogP contribution >= 0.6 is 0 Å². The molecule has 0 aromatic rings. The maximum Gasteiger partial charge on any atom is 0.330 e. The first-order valence-corrected chi connectivity index (χ1v) is 7.96. The molecule has 8 heteroatoms. The molecule has 0 amide bonds. The molecule has 0 atom stereocenters. The second-order valence-corrected chi connectivity index (χ2v) is 4.38. The average molecular weight is 348 g/mol. The van der Waals surface area contributed by atoms with Crippen molar-refractivity contribution in [2.45, 2.75) is 13.3 Å². The molecule has 0 unspecified atom stereocenters. The van der Waals surface area contributed by atoms with Crippen molar-refractivity contribution in [3.8, 4) is 0 Å². The smallest absolute Gasteiger partial charge is 0.330 e. The van der Waals surface area contributed by atoms with Crippen LogP contribution in [0.2, 0.25) is 0 Å². The van der Waals surface area contributed by atoms with Crippen molar-refractivity contribution in [3.63, 3.8) is 0 Å². The van der Waals surface area contributed by atoms with Gasteiger partial charge in [-0.15, -0.1) is 0 Å². The highest BCUT2D eigenvalue weighted by Crippen LogP contribution is 1.89. The zero-order valence-electron chi connectivity index (χ0n) is 14.3. The highest BCUT2D eigenvalue weighted by atomic mass is 16.6. The minimum absolute atomic E-state index is 0.199. The highest BCUT2D eigenvalue weighted by molar-refractivity contribution is 5.81. The van der Waals surface area contributed by atoms with Gasteiger partial charge in [-0.25, -0.2) is 4.79 Å². The van der Waals surface area contributed by atoms with Gasteiger partial charge in [0, 0.05) is 6.08 Å². The highest BCUT2D eigenvalue weighted by Gasteiger charge is 2.00. The lowest BCUT2D eigenvalue weighted by Gasteiger charge is -2.07. The Morgan fingerprint density at radius 3 is 1.67 bits per heavy atom. The molecule has 0 rings (SSSR count). The second kappa shape index (κ2) is 17.9. The minimum Gasteiger partial charge on any atom is -0.466 e. The summed E-state index contributed by atoms with van der Waals surface area (Å²) in [7, 11) is 0. The van der Waals surface area contributed by atoms with Gasteiger partial charge in [-0.1, -0.05) is 6.58 Å². The number of carbonyl (C=O) groups is 2. The molecular formula is C16H28O8. The molecule has 0 fully saturated rings. The molecule has 8 nitrogen and oxygen atoms in total. The standard InChI is InChI=1S/C16H28O8/c1-3-15(17)24-14-13-22-12-11-21-10-9-20-8-7-19-6-5-16(18)23-4-2/h3H,1,4-14H2,2H3. The number of hydrogen-bond donors (Lipinski definition) is 0. The Kier molecular flexibility index (Phi) is 16.8. The molecule has 140 valence electrons. The van der Waals surface area contributed by atoms with E-state index in [1.807, 2.05) is 0 Å². The van der Waals surface area contributed by atoms with Gasteiger partial charge in [-0.05, 0) is 6.92 Å². The van der Waals surface area contributed by atoms with E-state index in [0.29, 0.717) is 59.5 Å². The fourth-order valence-electron chi connectivity index (χ4n) is 1.41. The summed E-state index contributed by atoms with van der Waals surface area (Å²) in [5.41, 5.74) is 0. The van der Waals surface area contributed by atoms with Crippen LogP contribution in [-0.2, 0) is 38.0 Å². The van der Waals surface area contributed by atoms with Gasteiger partial charge in [-0.2, -0.15) is 0 Å². The van der Waals surface area contributed by atoms with Gasteiger partial charge in [0.2, 0.25) is 0 Å². The number of hydrogen-bond acceptors (Lipinski definition) is 8. The predicted molar refractivity (Wildman–Crippen MR) is 85.7 cm³/mol. The normalized spacial score (nSPS) is 10.4. The first kappa shape index (κ1) is 22.5. The van der Waals surface area contributed by atoms with E-state index in [4.69, 9.17) is 28.4 Å². The number of ether oxygens (including phenoxy) is 6. The number of esters is 2. The van der Waals surface area contributed by atoms with Crippen LogP contribution in [0.4, 0.5) is 0 Å². The van der Waals surface area contributed by atoms with Crippen molar-refractivity contribution in [2.24, 2.45) is 0 Å².